The van der Waals surface area contributed by atoms with Crippen molar-refractivity contribution in [2.45, 2.75) is 33.2 Å². The summed E-state index contributed by atoms with van der Waals surface area (Å²) in [6.07, 6.45) is 13.2. The van der Waals surface area contributed by atoms with Gasteiger partial charge in [-0.15, -0.1) is 23.0 Å². The number of aryl methyl sites for hydroxylation is 2. The Morgan fingerprint density at radius 2 is 2.03 bits per heavy atom. The van der Waals surface area contributed by atoms with Crippen LogP contribution in [0.5, 0.6) is 5.88 Å². The lowest BCUT2D eigenvalue weighted by Crippen LogP contribution is -2.06. The number of aromatic nitrogens is 5. The first kappa shape index (κ1) is 22.2. The zero-order valence-corrected chi connectivity index (χ0v) is 17.2. The number of ether oxygens (including phenoxy) is 1. The van der Waals surface area contributed by atoms with Crippen molar-refractivity contribution in [2.75, 3.05) is 11.9 Å². The molecule has 1 saturated carbocycles. The van der Waals surface area contributed by atoms with E-state index in [-0.39, 0.29) is 5.82 Å². The van der Waals surface area contributed by atoms with Gasteiger partial charge >= 0.3 is 0 Å². The first-order valence-electron chi connectivity index (χ1n) is 8.98. The molecule has 3 aromatic heterocycles. The van der Waals surface area contributed by atoms with E-state index in [0.717, 1.165) is 22.4 Å². The summed E-state index contributed by atoms with van der Waals surface area (Å²) in [7, 11) is 0. The number of anilines is 1. The summed E-state index contributed by atoms with van der Waals surface area (Å²) < 4.78 is 17.5. The average Bonchev–Trinajstić information content (AvgIpc) is 3.47. The number of rotatable bonds is 6. The van der Waals surface area contributed by atoms with E-state index in [2.05, 4.69) is 43.3 Å². The van der Waals surface area contributed by atoms with Gasteiger partial charge in [-0.1, -0.05) is 11.3 Å². The molecule has 3 heterocycles. The molecule has 1 fully saturated rings. The van der Waals surface area contributed by atoms with E-state index in [0.29, 0.717) is 24.2 Å². The number of halogens is 1. The number of pyridine rings is 1. The van der Waals surface area contributed by atoms with Crippen LogP contribution in [0.1, 0.15) is 28.7 Å². The Bertz CT molecular complexity index is 898. The molecule has 0 aromatic carbocycles. The fourth-order valence-electron chi connectivity index (χ4n) is 2.11. The van der Waals surface area contributed by atoms with Crippen molar-refractivity contribution < 1.29 is 9.13 Å². The van der Waals surface area contributed by atoms with E-state index >= 15 is 0 Å². The topological polar surface area (TPSA) is 85.7 Å². The average molecular weight is 415 g/mol. The maximum Gasteiger partial charge on any atom is 0.218 e. The zero-order valence-electron chi connectivity index (χ0n) is 16.4. The Labute approximate surface area is 173 Å². The second-order valence-electron chi connectivity index (χ2n) is 6.13. The zero-order chi connectivity index (χ0) is 21.1. The van der Waals surface area contributed by atoms with Crippen LogP contribution in [0.2, 0.25) is 0 Å². The molecule has 0 bridgehead atoms. The first-order chi connectivity index (χ1) is 14.1. The maximum atomic E-state index is 11.8. The van der Waals surface area contributed by atoms with Crippen molar-refractivity contribution in [1.29, 1.82) is 0 Å². The number of hydrogen-bond donors (Lipinski definition) is 1. The SMILES string of the molecule is C#C.Cc1nc(NCc2nnc(C)s2)cc(OCC2CC2)n1.Fc1cccnc1. The predicted octanol–water partition coefficient (Wildman–Crippen LogP) is 3.82. The molecular weight excluding hydrogens is 391 g/mol. The first-order valence-corrected chi connectivity index (χ1v) is 9.80. The molecule has 9 heteroatoms. The summed E-state index contributed by atoms with van der Waals surface area (Å²) in [5, 5.41) is 13.2. The van der Waals surface area contributed by atoms with E-state index in [1.165, 1.54) is 31.3 Å². The predicted molar refractivity (Wildman–Crippen MR) is 111 cm³/mol. The number of nitrogens with one attached hydrogen (secondary N) is 1. The van der Waals surface area contributed by atoms with Gasteiger partial charge in [0, 0.05) is 12.3 Å². The highest BCUT2D eigenvalue weighted by Gasteiger charge is 2.22. The minimum atomic E-state index is -0.289. The van der Waals surface area contributed by atoms with Crippen LogP contribution >= 0.6 is 11.3 Å². The summed E-state index contributed by atoms with van der Waals surface area (Å²) in [5.74, 6) is 2.53. The summed E-state index contributed by atoms with van der Waals surface area (Å²) >= 11 is 1.58. The Balaban J connectivity index is 0.000000280. The molecule has 0 unspecified atom stereocenters. The fourth-order valence-corrected chi connectivity index (χ4v) is 2.76. The Morgan fingerprint density at radius 3 is 2.59 bits per heavy atom. The highest BCUT2D eigenvalue weighted by Crippen LogP contribution is 2.29. The van der Waals surface area contributed by atoms with Crippen LogP contribution in [0.3, 0.4) is 0 Å². The van der Waals surface area contributed by atoms with Crippen molar-refractivity contribution in [1.82, 2.24) is 25.1 Å². The highest BCUT2D eigenvalue weighted by molar-refractivity contribution is 7.11. The molecule has 29 heavy (non-hydrogen) atoms. The molecule has 1 aliphatic rings. The highest BCUT2D eigenvalue weighted by atomic mass is 32.1. The van der Waals surface area contributed by atoms with Crippen molar-refractivity contribution in [3.05, 3.63) is 52.2 Å². The molecule has 0 spiro atoms. The number of hydrogen-bond acceptors (Lipinski definition) is 8. The molecule has 0 amide bonds. The van der Waals surface area contributed by atoms with Crippen LogP contribution in [0.15, 0.2) is 30.6 Å². The van der Waals surface area contributed by atoms with Crippen molar-refractivity contribution >= 4 is 17.2 Å². The van der Waals surface area contributed by atoms with Gasteiger partial charge in [0.1, 0.15) is 27.5 Å². The third-order valence-corrected chi connectivity index (χ3v) is 4.43. The van der Waals surface area contributed by atoms with Crippen LogP contribution in [-0.4, -0.2) is 31.8 Å². The lowest BCUT2D eigenvalue weighted by Gasteiger charge is -2.08. The third kappa shape index (κ3) is 8.62. The quantitative estimate of drug-likeness (QED) is 0.614. The molecule has 0 aliphatic heterocycles. The monoisotopic (exact) mass is 414 g/mol. The molecule has 1 N–H and O–H groups in total. The minimum Gasteiger partial charge on any atom is -0.477 e. The van der Waals surface area contributed by atoms with Gasteiger partial charge in [0.25, 0.3) is 0 Å². The van der Waals surface area contributed by atoms with Gasteiger partial charge in [0.2, 0.25) is 5.88 Å². The molecular formula is C20H23FN6OS. The summed E-state index contributed by atoms with van der Waals surface area (Å²) in [6.45, 7) is 5.18. The molecule has 1 aliphatic carbocycles. The van der Waals surface area contributed by atoms with Gasteiger partial charge in [-0.25, -0.2) is 9.37 Å². The summed E-state index contributed by atoms with van der Waals surface area (Å²) in [4.78, 5) is 12.2. The summed E-state index contributed by atoms with van der Waals surface area (Å²) in [5.41, 5.74) is 0. The second kappa shape index (κ2) is 11.7. The Hall–Kier alpha value is -3.12. The molecule has 0 radical (unpaired) electrons. The van der Waals surface area contributed by atoms with Crippen LogP contribution in [-0.2, 0) is 6.54 Å². The van der Waals surface area contributed by atoms with Gasteiger partial charge in [-0.3, -0.25) is 4.98 Å². The Morgan fingerprint density at radius 1 is 1.24 bits per heavy atom. The van der Waals surface area contributed by atoms with Crippen molar-refractivity contribution in [3.8, 4) is 18.7 Å². The lowest BCUT2D eigenvalue weighted by atomic mass is 10.4. The van der Waals surface area contributed by atoms with Crippen molar-refractivity contribution in [2.24, 2.45) is 5.92 Å². The fraction of sp³-hybridized carbons (Fsp3) is 0.350. The van der Waals surface area contributed by atoms with E-state index in [9.17, 15) is 4.39 Å². The van der Waals surface area contributed by atoms with E-state index < -0.39 is 0 Å². The van der Waals surface area contributed by atoms with Crippen LogP contribution in [0.4, 0.5) is 10.2 Å². The van der Waals surface area contributed by atoms with Gasteiger partial charge in [-0.05, 0) is 44.7 Å². The second-order valence-corrected chi connectivity index (χ2v) is 7.40. The maximum absolute atomic E-state index is 11.8. The molecule has 0 saturated heterocycles. The third-order valence-electron chi connectivity index (χ3n) is 3.59. The molecule has 7 nitrogen and oxygen atoms in total. The van der Waals surface area contributed by atoms with Gasteiger partial charge < -0.3 is 10.1 Å². The van der Waals surface area contributed by atoms with Gasteiger partial charge in [-0.2, -0.15) is 4.98 Å². The van der Waals surface area contributed by atoms with Gasteiger partial charge in [0.15, 0.2) is 0 Å². The lowest BCUT2D eigenvalue weighted by molar-refractivity contribution is 0.287. The van der Waals surface area contributed by atoms with Crippen LogP contribution in [0.25, 0.3) is 0 Å². The normalized spacial score (nSPS) is 12.0. The van der Waals surface area contributed by atoms with E-state index in [4.69, 9.17) is 4.74 Å². The van der Waals surface area contributed by atoms with Crippen molar-refractivity contribution in [3.63, 3.8) is 0 Å². The van der Waals surface area contributed by atoms with Crippen LogP contribution in [0, 0.1) is 38.4 Å². The van der Waals surface area contributed by atoms with Crippen LogP contribution < -0.4 is 10.1 Å². The van der Waals surface area contributed by atoms with Gasteiger partial charge in [0.05, 0.1) is 19.3 Å². The number of nitrogens with zero attached hydrogens (tertiary/aromatic N) is 5. The molecule has 3 aromatic rings. The van der Waals surface area contributed by atoms with E-state index in [1.54, 1.807) is 17.4 Å². The minimum absolute atomic E-state index is 0.289. The Kier molecular flexibility index (Phi) is 8.92. The largest absolute Gasteiger partial charge is 0.477 e. The standard InChI is InChI=1S/C13H17N5OS.C5H4FN.C2H2/c1-8-15-11(14-6-13-18-17-9(2)20-13)5-12(16-8)19-7-10-3-4-10;6-5-2-1-3-7-4-5;1-2/h5,10H,3-4,6-7H2,1-2H3,(H,14,15,16);1-4H;1-2H. The smallest absolute Gasteiger partial charge is 0.218 e. The number of terminal acetylenes is 1. The molecule has 0 atom stereocenters. The van der Waals surface area contributed by atoms with E-state index in [1.807, 2.05) is 19.9 Å². The molecule has 152 valence electrons. The molecule has 4 rings (SSSR count). The summed E-state index contributed by atoms with van der Waals surface area (Å²) in [6, 6.07) is 4.74.